The number of hydrogen-bond acceptors (Lipinski definition) is 9. The fourth-order valence-corrected chi connectivity index (χ4v) is 7.14. The van der Waals surface area contributed by atoms with Crippen molar-refractivity contribution in [1.29, 1.82) is 0 Å². The molecule has 0 bridgehead atoms. The number of carbonyl (C=O) groups excluding carboxylic acids is 5. The highest BCUT2D eigenvalue weighted by molar-refractivity contribution is 7.91. The van der Waals surface area contributed by atoms with Gasteiger partial charge in [0.15, 0.2) is 0 Å². The average Bonchev–Trinajstić information content (AvgIpc) is 3.91. The van der Waals surface area contributed by atoms with E-state index in [2.05, 4.69) is 27.3 Å². The Morgan fingerprint density at radius 2 is 1.69 bits per heavy atom. The zero-order chi connectivity index (χ0) is 36.4. The third-order valence-corrected chi connectivity index (χ3v) is 10.5. The smallest absolute Gasteiger partial charge is 0.408 e. The number of likely N-dealkylation sites (tertiary alicyclic amines) is 1. The zero-order valence-corrected chi connectivity index (χ0v) is 29.9. The first-order valence-corrected chi connectivity index (χ1v) is 18.1. The van der Waals surface area contributed by atoms with Crippen molar-refractivity contribution in [2.75, 3.05) is 13.1 Å². The molecule has 5 amide bonds. The van der Waals surface area contributed by atoms with E-state index in [1.807, 2.05) is 30.3 Å². The van der Waals surface area contributed by atoms with E-state index in [-0.39, 0.29) is 19.4 Å². The molecule has 0 aromatic heterocycles. The molecule has 2 aliphatic carbocycles. The van der Waals surface area contributed by atoms with Gasteiger partial charge in [0, 0.05) is 18.9 Å². The summed E-state index contributed by atoms with van der Waals surface area (Å²) in [4.78, 5) is 68.4. The Kier molecular flexibility index (Phi) is 11.1. The van der Waals surface area contributed by atoms with E-state index in [0.717, 1.165) is 5.56 Å². The van der Waals surface area contributed by atoms with E-state index in [9.17, 15) is 32.4 Å². The maximum Gasteiger partial charge on any atom is 0.408 e. The van der Waals surface area contributed by atoms with Crippen LogP contribution in [0.5, 0.6) is 0 Å². The summed E-state index contributed by atoms with van der Waals surface area (Å²) < 4.78 is 38.3. The minimum absolute atomic E-state index is 0.107. The van der Waals surface area contributed by atoms with Crippen molar-refractivity contribution in [2.24, 2.45) is 11.3 Å². The number of nitrogens with one attached hydrogen (secondary N) is 4. The molecule has 1 aromatic carbocycles. The van der Waals surface area contributed by atoms with E-state index in [0.29, 0.717) is 25.8 Å². The summed E-state index contributed by atoms with van der Waals surface area (Å²) in [5.74, 6) is -2.79. The molecule has 1 saturated heterocycles. The largest absolute Gasteiger partial charge is 0.444 e. The SMILES string of the molecule is C=CC1C[C@]1(NC(=O)[C@@H]1C[C@@H](OC(=O)NCCc2ccccc2)CN1C(=O)[C@@H](NC(=O)OC(C)(C)C)C(C)(C)C)C(=O)NS(=O)(=O)C1CC1. The van der Waals surface area contributed by atoms with Crippen LogP contribution in [0.1, 0.15) is 72.8 Å². The van der Waals surface area contributed by atoms with Gasteiger partial charge in [0.25, 0.3) is 5.91 Å². The summed E-state index contributed by atoms with van der Waals surface area (Å²) >= 11 is 0. The molecule has 270 valence electrons. The Hall–Kier alpha value is -4.14. The molecular weight excluding hydrogens is 654 g/mol. The molecular formula is C34H49N5O9S. The minimum Gasteiger partial charge on any atom is -0.444 e. The van der Waals surface area contributed by atoms with Gasteiger partial charge in [0.1, 0.15) is 29.3 Å². The second kappa shape index (κ2) is 14.4. The van der Waals surface area contributed by atoms with Crippen molar-refractivity contribution in [3.63, 3.8) is 0 Å². The Bertz CT molecular complexity index is 1550. The van der Waals surface area contributed by atoms with Gasteiger partial charge in [-0.25, -0.2) is 18.0 Å². The Labute approximate surface area is 288 Å². The zero-order valence-electron chi connectivity index (χ0n) is 29.0. The molecule has 1 aromatic rings. The van der Waals surface area contributed by atoms with Crippen molar-refractivity contribution >= 4 is 39.9 Å². The second-order valence-corrected chi connectivity index (χ2v) is 17.0. The van der Waals surface area contributed by atoms with Crippen molar-refractivity contribution < 1.29 is 41.9 Å². The lowest BCUT2D eigenvalue weighted by atomic mass is 9.85. The monoisotopic (exact) mass is 703 g/mol. The molecule has 15 heteroatoms. The number of amides is 5. The second-order valence-electron chi connectivity index (χ2n) is 15.1. The normalized spacial score (nSPS) is 24.2. The summed E-state index contributed by atoms with van der Waals surface area (Å²) in [7, 11) is -3.91. The van der Waals surface area contributed by atoms with Gasteiger partial charge in [-0.3, -0.25) is 19.1 Å². The van der Waals surface area contributed by atoms with Crippen molar-refractivity contribution in [3.05, 3.63) is 48.6 Å². The topological polar surface area (TPSA) is 189 Å². The number of alkyl carbamates (subject to hydrolysis) is 2. The molecule has 4 N–H and O–H groups in total. The highest BCUT2D eigenvalue weighted by Gasteiger charge is 2.62. The van der Waals surface area contributed by atoms with Crippen LogP contribution in [0.15, 0.2) is 43.0 Å². The third-order valence-electron chi connectivity index (χ3n) is 8.67. The van der Waals surface area contributed by atoms with Crippen LogP contribution < -0.4 is 20.7 Å². The summed E-state index contributed by atoms with van der Waals surface area (Å²) in [5, 5.41) is 7.38. The quantitative estimate of drug-likeness (QED) is 0.237. The number of nitrogens with zero attached hydrogens (tertiary/aromatic N) is 1. The predicted octanol–water partition coefficient (Wildman–Crippen LogP) is 2.53. The molecule has 3 aliphatic rings. The minimum atomic E-state index is -3.91. The van der Waals surface area contributed by atoms with Crippen molar-refractivity contribution in [2.45, 2.75) is 108 Å². The van der Waals surface area contributed by atoms with Gasteiger partial charge in [-0.15, -0.1) is 6.58 Å². The molecule has 3 fully saturated rings. The van der Waals surface area contributed by atoms with Gasteiger partial charge in [0.05, 0.1) is 11.8 Å². The van der Waals surface area contributed by atoms with Gasteiger partial charge in [-0.1, -0.05) is 57.2 Å². The number of carbonyl (C=O) groups is 5. The van der Waals surface area contributed by atoms with Crippen LogP contribution in [0.3, 0.4) is 0 Å². The number of sulfonamides is 1. The van der Waals surface area contributed by atoms with Gasteiger partial charge >= 0.3 is 12.2 Å². The number of ether oxygens (including phenoxy) is 2. The molecule has 0 spiro atoms. The first-order chi connectivity index (χ1) is 22.8. The number of hydrogen-bond donors (Lipinski definition) is 4. The maximum atomic E-state index is 14.2. The average molecular weight is 704 g/mol. The Balaban J connectivity index is 1.53. The van der Waals surface area contributed by atoms with Gasteiger partial charge < -0.3 is 30.3 Å². The fourth-order valence-electron chi connectivity index (χ4n) is 5.78. The maximum absolute atomic E-state index is 14.2. The molecule has 1 unspecified atom stereocenters. The lowest BCUT2D eigenvalue weighted by Gasteiger charge is -2.36. The van der Waals surface area contributed by atoms with E-state index in [4.69, 9.17) is 9.47 Å². The first kappa shape index (κ1) is 37.7. The van der Waals surface area contributed by atoms with E-state index >= 15 is 0 Å². The van der Waals surface area contributed by atoms with Crippen molar-refractivity contribution in [1.82, 2.24) is 25.6 Å². The molecule has 5 atom stereocenters. The van der Waals surface area contributed by atoms with Crippen LogP contribution in [-0.4, -0.2) is 90.9 Å². The van der Waals surface area contributed by atoms with E-state index in [1.54, 1.807) is 41.5 Å². The van der Waals surface area contributed by atoms with Crippen LogP contribution in [0.2, 0.25) is 0 Å². The molecule has 4 rings (SSSR count). The first-order valence-electron chi connectivity index (χ1n) is 16.5. The van der Waals surface area contributed by atoms with Crippen molar-refractivity contribution in [3.8, 4) is 0 Å². The van der Waals surface area contributed by atoms with Crippen LogP contribution >= 0.6 is 0 Å². The summed E-state index contributed by atoms with van der Waals surface area (Å²) in [6.45, 7) is 14.1. The highest BCUT2D eigenvalue weighted by Crippen LogP contribution is 2.45. The van der Waals surface area contributed by atoms with E-state index in [1.165, 1.54) is 11.0 Å². The van der Waals surface area contributed by atoms with Crippen LogP contribution in [0.4, 0.5) is 9.59 Å². The molecule has 1 heterocycles. The molecule has 2 saturated carbocycles. The van der Waals surface area contributed by atoms with Crippen LogP contribution in [0, 0.1) is 11.3 Å². The van der Waals surface area contributed by atoms with Crippen LogP contribution in [0.25, 0.3) is 0 Å². The summed E-state index contributed by atoms with van der Waals surface area (Å²) in [5.41, 5.74) is -2.25. The molecule has 1 aliphatic heterocycles. The Morgan fingerprint density at radius 3 is 2.24 bits per heavy atom. The fraction of sp³-hybridized carbons (Fsp3) is 0.618. The molecule has 0 radical (unpaired) electrons. The molecule has 49 heavy (non-hydrogen) atoms. The lowest BCUT2D eigenvalue weighted by molar-refractivity contribution is -0.143. The predicted molar refractivity (Wildman–Crippen MR) is 180 cm³/mol. The summed E-state index contributed by atoms with van der Waals surface area (Å²) in [6.07, 6.45) is 0.451. The van der Waals surface area contributed by atoms with Gasteiger partial charge in [-0.2, -0.15) is 0 Å². The Morgan fingerprint density at radius 1 is 1.04 bits per heavy atom. The number of rotatable bonds is 12. The van der Waals surface area contributed by atoms with E-state index < -0.39 is 85.8 Å². The highest BCUT2D eigenvalue weighted by atomic mass is 32.2. The van der Waals surface area contributed by atoms with Crippen LogP contribution in [-0.2, 0) is 40.3 Å². The molecule has 14 nitrogen and oxygen atoms in total. The van der Waals surface area contributed by atoms with Gasteiger partial charge in [-0.05, 0) is 57.4 Å². The number of benzene rings is 1. The lowest BCUT2D eigenvalue weighted by Crippen LogP contribution is -2.60. The standard InChI is InChI=1S/C34H49N5O9S/c1-8-22-19-34(22,29(42)38-49(45,46)24-14-15-24)37-27(40)25-18-23(47-30(43)35-17-16-21-12-10-9-11-13-21)20-39(25)28(41)26(32(2,3)4)36-31(44)48-33(5,6)7/h8-13,22-26H,1,14-20H2,2-7H3,(H,35,43)(H,36,44)(H,37,40)(H,38,42)/t22?,23-,25+,26-,34-/m1/s1. The summed E-state index contributed by atoms with van der Waals surface area (Å²) in [6, 6.07) is 7.16. The van der Waals surface area contributed by atoms with Gasteiger partial charge in [0.2, 0.25) is 21.8 Å². The third kappa shape index (κ3) is 9.73.